The Morgan fingerprint density at radius 1 is 1.45 bits per heavy atom. The van der Waals surface area contributed by atoms with Crippen LogP contribution in [-0.2, 0) is 0 Å². The van der Waals surface area contributed by atoms with E-state index in [0.717, 1.165) is 0 Å². The first-order valence-electron chi connectivity index (χ1n) is 3.61. The van der Waals surface area contributed by atoms with Gasteiger partial charge in [0.1, 0.15) is 0 Å². The third-order valence-electron chi connectivity index (χ3n) is 2.10. The molecular weight excluding hydrogens is 148 g/mol. The average Bonchev–Trinajstić information content (AvgIpc) is 2.28. The highest BCUT2D eigenvalue weighted by molar-refractivity contribution is 4.92. The standard InChI is InChI=1S/C6H14N2O3/c7-3-8-1-5(10)6(11)4(8)2-9/h4-6,9-11H,1-3,7H2/t4-,5+,6+/m0/s1. The molecule has 0 aromatic rings. The molecule has 0 aromatic carbocycles. The average molecular weight is 162 g/mol. The first kappa shape index (κ1) is 8.89. The van der Waals surface area contributed by atoms with Crippen molar-refractivity contribution in [2.45, 2.75) is 18.2 Å². The Kier molecular flexibility index (Phi) is 2.80. The second-order valence-electron chi connectivity index (χ2n) is 2.76. The molecule has 1 heterocycles. The quantitative estimate of drug-likeness (QED) is 0.355. The molecule has 5 N–H and O–H groups in total. The molecule has 1 aliphatic heterocycles. The topological polar surface area (TPSA) is 90.0 Å². The van der Waals surface area contributed by atoms with Crippen LogP contribution in [0.4, 0.5) is 0 Å². The van der Waals surface area contributed by atoms with Gasteiger partial charge in [0.2, 0.25) is 0 Å². The predicted molar refractivity (Wildman–Crippen MR) is 38.6 cm³/mol. The highest BCUT2D eigenvalue weighted by Crippen LogP contribution is 2.16. The number of aliphatic hydroxyl groups is 3. The Morgan fingerprint density at radius 3 is 2.45 bits per heavy atom. The summed E-state index contributed by atoms with van der Waals surface area (Å²) in [6.07, 6.45) is -1.65. The second-order valence-corrected chi connectivity index (χ2v) is 2.76. The molecule has 0 radical (unpaired) electrons. The first-order valence-corrected chi connectivity index (χ1v) is 3.61. The summed E-state index contributed by atoms with van der Waals surface area (Å²) in [5.74, 6) is 0. The van der Waals surface area contributed by atoms with Gasteiger partial charge >= 0.3 is 0 Å². The number of nitrogens with two attached hydrogens (primary N) is 1. The van der Waals surface area contributed by atoms with Gasteiger partial charge in [-0.15, -0.1) is 0 Å². The lowest BCUT2D eigenvalue weighted by atomic mass is 10.1. The minimum Gasteiger partial charge on any atom is -0.395 e. The van der Waals surface area contributed by atoms with Crippen LogP contribution in [0.2, 0.25) is 0 Å². The Hall–Kier alpha value is -0.200. The SMILES string of the molecule is NCN1C[C@@H](O)[C@H](O)[C@@H]1CO. The van der Waals surface area contributed by atoms with E-state index in [2.05, 4.69) is 0 Å². The minimum absolute atomic E-state index is 0.171. The van der Waals surface area contributed by atoms with Gasteiger partial charge in [-0.3, -0.25) is 4.90 Å². The highest BCUT2D eigenvalue weighted by atomic mass is 16.3. The molecule has 0 saturated carbocycles. The number of nitrogens with zero attached hydrogens (tertiary/aromatic N) is 1. The van der Waals surface area contributed by atoms with E-state index in [1.807, 2.05) is 0 Å². The lowest BCUT2D eigenvalue weighted by Gasteiger charge is -2.21. The van der Waals surface area contributed by atoms with Crippen molar-refractivity contribution in [1.82, 2.24) is 4.90 Å². The molecule has 3 atom stereocenters. The van der Waals surface area contributed by atoms with Crippen LogP contribution in [0.5, 0.6) is 0 Å². The van der Waals surface area contributed by atoms with Crippen molar-refractivity contribution in [1.29, 1.82) is 0 Å². The number of hydrogen-bond donors (Lipinski definition) is 4. The van der Waals surface area contributed by atoms with E-state index in [4.69, 9.17) is 15.9 Å². The molecule has 0 unspecified atom stereocenters. The molecule has 5 nitrogen and oxygen atoms in total. The van der Waals surface area contributed by atoms with E-state index in [0.29, 0.717) is 6.54 Å². The Morgan fingerprint density at radius 2 is 2.09 bits per heavy atom. The van der Waals surface area contributed by atoms with Crippen LogP contribution in [0.1, 0.15) is 0 Å². The fourth-order valence-electron chi connectivity index (χ4n) is 1.39. The lowest BCUT2D eigenvalue weighted by Crippen LogP contribution is -2.41. The molecule has 1 aliphatic rings. The van der Waals surface area contributed by atoms with Crippen LogP contribution in [-0.4, -0.2) is 58.3 Å². The fraction of sp³-hybridized carbons (Fsp3) is 1.00. The molecule has 0 spiro atoms. The monoisotopic (exact) mass is 162 g/mol. The van der Waals surface area contributed by atoms with Gasteiger partial charge in [-0.1, -0.05) is 0 Å². The van der Waals surface area contributed by atoms with Crippen LogP contribution in [0.3, 0.4) is 0 Å². The molecule has 1 saturated heterocycles. The third kappa shape index (κ3) is 1.52. The van der Waals surface area contributed by atoms with Crippen LogP contribution in [0.15, 0.2) is 0 Å². The fourth-order valence-corrected chi connectivity index (χ4v) is 1.39. The molecule has 11 heavy (non-hydrogen) atoms. The zero-order valence-electron chi connectivity index (χ0n) is 6.22. The van der Waals surface area contributed by atoms with Crippen molar-refractivity contribution in [2.24, 2.45) is 5.73 Å². The highest BCUT2D eigenvalue weighted by Gasteiger charge is 2.38. The van der Waals surface area contributed by atoms with E-state index in [1.54, 1.807) is 4.90 Å². The zero-order chi connectivity index (χ0) is 8.43. The maximum absolute atomic E-state index is 9.25. The van der Waals surface area contributed by atoms with Crippen molar-refractivity contribution < 1.29 is 15.3 Å². The molecule has 66 valence electrons. The lowest BCUT2D eigenvalue weighted by molar-refractivity contribution is 0.0219. The summed E-state index contributed by atoms with van der Waals surface area (Å²) in [7, 11) is 0. The van der Waals surface area contributed by atoms with Gasteiger partial charge in [-0.2, -0.15) is 0 Å². The van der Waals surface area contributed by atoms with E-state index in [1.165, 1.54) is 0 Å². The molecule has 5 heteroatoms. The van der Waals surface area contributed by atoms with Crippen molar-refractivity contribution in [3.8, 4) is 0 Å². The van der Waals surface area contributed by atoms with Crippen LogP contribution in [0.25, 0.3) is 0 Å². The molecule has 0 aliphatic carbocycles. The third-order valence-corrected chi connectivity index (χ3v) is 2.10. The minimum atomic E-state index is -0.872. The van der Waals surface area contributed by atoms with Crippen LogP contribution < -0.4 is 5.73 Å². The van der Waals surface area contributed by atoms with Gasteiger partial charge in [0.25, 0.3) is 0 Å². The molecule has 0 amide bonds. The maximum atomic E-state index is 9.25. The maximum Gasteiger partial charge on any atom is 0.0989 e. The van der Waals surface area contributed by atoms with Crippen molar-refractivity contribution in [3.63, 3.8) is 0 Å². The van der Waals surface area contributed by atoms with Crippen molar-refractivity contribution in [2.75, 3.05) is 19.8 Å². The predicted octanol–water partition coefficient (Wildman–Crippen LogP) is -2.70. The molecule has 0 aromatic heterocycles. The van der Waals surface area contributed by atoms with E-state index >= 15 is 0 Å². The van der Waals surface area contributed by atoms with Crippen LogP contribution in [0, 0.1) is 0 Å². The number of aliphatic hydroxyl groups excluding tert-OH is 3. The van der Waals surface area contributed by atoms with Crippen molar-refractivity contribution in [3.05, 3.63) is 0 Å². The van der Waals surface area contributed by atoms with Gasteiger partial charge in [0.05, 0.1) is 24.9 Å². The van der Waals surface area contributed by atoms with E-state index < -0.39 is 18.2 Å². The van der Waals surface area contributed by atoms with Gasteiger partial charge in [-0.25, -0.2) is 0 Å². The molecule has 1 fully saturated rings. The molecule has 1 rings (SSSR count). The largest absolute Gasteiger partial charge is 0.395 e. The summed E-state index contributed by atoms with van der Waals surface area (Å²) in [6.45, 7) is 0.414. The van der Waals surface area contributed by atoms with Crippen molar-refractivity contribution >= 4 is 0 Å². The summed E-state index contributed by atoms with van der Waals surface area (Å²) in [5, 5.41) is 27.2. The zero-order valence-corrected chi connectivity index (χ0v) is 6.22. The van der Waals surface area contributed by atoms with Gasteiger partial charge in [0.15, 0.2) is 0 Å². The Labute approximate surface area is 65.0 Å². The Balaban J connectivity index is 2.57. The first-order chi connectivity index (χ1) is 5.20. The smallest absolute Gasteiger partial charge is 0.0989 e. The normalized spacial score (nSPS) is 39.8. The van der Waals surface area contributed by atoms with Gasteiger partial charge < -0.3 is 21.1 Å². The number of rotatable bonds is 2. The summed E-state index contributed by atoms with van der Waals surface area (Å²) in [4.78, 5) is 1.65. The summed E-state index contributed by atoms with van der Waals surface area (Å²) < 4.78 is 0. The summed E-state index contributed by atoms with van der Waals surface area (Å²) >= 11 is 0. The Bertz CT molecular complexity index is 133. The molecular formula is C6H14N2O3. The number of hydrogen-bond acceptors (Lipinski definition) is 5. The van der Waals surface area contributed by atoms with E-state index in [9.17, 15) is 5.11 Å². The number of likely N-dealkylation sites (tertiary alicyclic amines) is 1. The second kappa shape index (κ2) is 3.46. The van der Waals surface area contributed by atoms with E-state index in [-0.39, 0.29) is 13.3 Å². The molecule has 0 bridgehead atoms. The summed E-state index contributed by atoms with van der Waals surface area (Å²) in [5.41, 5.74) is 5.32. The summed E-state index contributed by atoms with van der Waals surface area (Å²) in [6, 6.07) is -0.407. The van der Waals surface area contributed by atoms with Gasteiger partial charge in [0, 0.05) is 13.2 Å². The van der Waals surface area contributed by atoms with Crippen LogP contribution >= 0.6 is 0 Å². The van der Waals surface area contributed by atoms with Gasteiger partial charge in [-0.05, 0) is 0 Å². The number of β-amino-alcohol motifs (C(OH)–C–C–N with tert-alkyl or cyclic N) is 1.